The molecule has 1 aliphatic heterocycles. The number of hydrogen-bond donors (Lipinski definition) is 1. The Labute approximate surface area is 200 Å². The summed E-state index contributed by atoms with van der Waals surface area (Å²) in [6.07, 6.45) is 0. The van der Waals surface area contributed by atoms with Crippen LogP contribution in [-0.2, 0) is 4.74 Å². The number of methoxy groups -OCH3 is 2. The fourth-order valence-corrected chi connectivity index (χ4v) is 4.05. The number of hydrogen-bond acceptors (Lipinski definition) is 6. The highest BCUT2D eigenvalue weighted by Crippen LogP contribution is 2.32. The quantitative estimate of drug-likeness (QED) is 0.511. The molecule has 0 aliphatic carbocycles. The predicted octanol–water partition coefficient (Wildman–Crippen LogP) is 4.30. The number of ether oxygens (including phenoxy) is 4. The van der Waals surface area contributed by atoms with Gasteiger partial charge in [0.1, 0.15) is 11.5 Å². The van der Waals surface area contributed by atoms with Crippen molar-refractivity contribution in [1.29, 1.82) is 0 Å². The Kier molecular flexibility index (Phi) is 8.01. The lowest BCUT2D eigenvalue weighted by molar-refractivity contribution is 0.0162. The Morgan fingerprint density at radius 3 is 2.35 bits per heavy atom. The van der Waals surface area contributed by atoms with Crippen LogP contribution in [0.4, 0.5) is 0 Å². The van der Waals surface area contributed by atoms with Crippen molar-refractivity contribution in [2.45, 2.75) is 6.04 Å². The molecule has 7 heteroatoms. The minimum absolute atomic E-state index is 0.0464. The lowest BCUT2D eigenvalue weighted by Gasteiger charge is -2.35. The highest BCUT2D eigenvalue weighted by molar-refractivity contribution is 5.97. The maximum Gasteiger partial charge on any atom is 0.255 e. The Bertz CT molecular complexity index is 1080. The highest BCUT2D eigenvalue weighted by Gasteiger charge is 2.25. The maximum atomic E-state index is 13.2. The van der Waals surface area contributed by atoms with Gasteiger partial charge in [0.25, 0.3) is 5.91 Å². The average Bonchev–Trinajstić information content (AvgIpc) is 2.90. The zero-order valence-corrected chi connectivity index (χ0v) is 19.5. The van der Waals surface area contributed by atoms with Crippen molar-refractivity contribution in [3.05, 3.63) is 83.9 Å². The summed E-state index contributed by atoms with van der Waals surface area (Å²) in [4.78, 5) is 15.5. The fraction of sp³-hybridized carbons (Fsp3) is 0.296. The Hall–Kier alpha value is -3.55. The van der Waals surface area contributed by atoms with Crippen LogP contribution in [0.3, 0.4) is 0 Å². The largest absolute Gasteiger partial charge is 0.493 e. The van der Waals surface area contributed by atoms with Crippen LogP contribution >= 0.6 is 0 Å². The van der Waals surface area contributed by atoms with E-state index in [1.165, 1.54) is 0 Å². The number of morpholine rings is 1. The van der Waals surface area contributed by atoms with E-state index >= 15 is 0 Å². The zero-order valence-electron chi connectivity index (χ0n) is 19.5. The zero-order chi connectivity index (χ0) is 23.8. The van der Waals surface area contributed by atoms with Gasteiger partial charge in [0.05, 0.1) is 39.0 Å². The van der Waals surface area contributed by atoms with E-state index in [0.29, 0.717) is 48.3 Å². The first-order valence-electron chi connectivity index (χ1n) is 11.3. The van der Waals surface area contributed by atoms with Crippen LogP contribution in [-0.4, -0.2) is 57.9 Å². The van der Waals surface area contributed by atoms with Gasteiger partial charge in [0, 0.05) is 19.6 Å². The number of nitrogens with one attached hydrogen (secondary N) is 1. The molecule has 0 bridgehead atoms. The summed E-state index contributed by atoms with van der Waals surface area (Å²) >= 11 is 0. The molecule has 3 aromatic carbocycles. The molecule has 1 atom stereocenters. The Balaban J connectivity index is 1.53. The molecule has 0 aromatic heterocycles. The second kappa shape index (κ2) is 11.5. The van der Waals surface area contributed by atoms with Crippen LogP contribution in [0.25, 0.3) is 0 Å². The van der Waals surface area contributed by atoms with Gasteiger partial charge in [0.15, 0.2) is 11.5 Å². The van der Waals surface area contributed by atoms with Crippen molar-refractivity contribution >= 4 is 5.91 Å². The summed E-state index contributed by atoms with van der Waals surface area (Å²) in [5, 5.41) is 3.11. The van der Waals surface area contributed by atoms with Gasteiger partial charge in [-0.3, -0.25) is 9.69 Å². The predicted molar refractivity (Wildman–Crippen MR) is 130 cm³/mol. The minimum atomic E-state index is -0.190. The van der Waals surface area contributed by atoms with E-state index < -0.39 is 0 Å². The molecule has 1 saturated heterocycles. The number of carbonyl (C=O) groups is 1. The van der Waals surface area contributed by atoms with Gasteiger partial charge in [-0.2, -0.15) is 0 Å². The molecule has 1 amide bonds. The number of benzene rings is 3. The highest BCUT2D eigenvalue weighted by atomic mass is 16.5. The van der Waals surface area contributed by atoms with E-state index in [4.69, 9.17) is 18.9 Å². The van der Waals surface area contributed by atoms with E-state index in [1.54, 1.807) is 26.4 Å². The fourth-order valence-electron chi connectivity index (χ4n) is 4.05. The molecule has 4 rings (SSSR count). The smallest absolute Gasteiger partial charge is 0.255 e. The average molecular weight is 463 g/mol. The first-order chi connectivity index (χ1) is 16.7. The number of para-hydroxylation sites is 2. The van der Waals surface area contributed by atoms with E-state index in [9.17, 15) is 4.79 Å². The van der Waals surface area contributed by atoms with Gasteiger partial charge in [-0.05, 0) is 42.0 Å². The van der Waals surface area contributed by atoms with Gasteiger partial charge in [0.2, 0.25) is 0 Å². The summed E-state index contributed by atoms with van der Waals surface area (Å²) < 4.78 is 22.4. The van der Waals surface area contributed by atoms with E-state index in [-0.39, 0.29) is 11.9 Å². The van der Waals surface area contributed by atoms with Crippen LogP contribution < -0.4 is 19.5 Å². The third kappa shape index (κ3) is 5.68. The van der Waals surface area contributed by atoms with E-state index in [0.717, 1.165) is 18.7 Å². The lowest BCUT2D eigenvalue weighted by atomic mass is 10.0. The van der Waals surface area contributed by atoms with Crippen molar-refractivity contribution in [3.63, 3.8) is 0 Å². The van der Waals surface area contributed by atoms with Gasteiger partial charge in [-0.1, -0.05) is 36.4 Å². The van der Waals surface area contributed by atoms with Crippen molar-refractivity contribution < 1.29 is 23.7 Å². The van der Waals surface area contributed by atoms with Crippen LogP contribution in [0.2, 0.25) is 0 Å². The molecule has 0 saturated carbocycles. The number of rotatable bonds is 9. The molecule has 1 fully saturated rings. The lowest BCUT2D eigenvalue weighted by Crippen LogP contribution is -2.43. The molecule has 178 valence electrons. The van der Waals surface area contributed by atoms with Gasteiger partial charge < -0.3 is 24.3 Å². The van der Waals surface area contributed by atoms with Crippen molar-refractivity contribution in [2.75, 3.05) is 47.1 Å². The van der Waals surface area contributed by atoms with Gasteiger partial charge in [-0.25, -0.2) is 0 Å². The second-order valence-corrected chi connectivity index (χ2v) is 7.90. The molecule has 1 aliphatic rings. The maximum absolute atomic E-state index is 13.2. The number of carbonyl (C=O) groups excluding carboxylic acids is 1. The van der Waals surface area contributed by atoms with Gasteiger partial charge in [-0.15, -0.1) is 0 Å². The summed E-state index contributed by atoms with van der Waals surface area (Å²) in [5.41, 5.74) is 1.52. The first-order valence-corrected chi connectivity index (χ1v) is 11.3. The molecular weight excluding hydrogens is 432 g/mol. The van der Waals surface area contributed by atoms with Crippen molar-refractivity contribution in [3.8, 4) is 23.0 Å². The van der Waals surface area contributed by atoms with Gasteiger partial charge >= 0.3 is 0 Å². The summed E-state index contributed by atoms with van der Waals surface area (Å²) in [5.74, 6) is 2.33. The molecule has 1 unspecified atom stereocenters. The standard InChI is InChI=1S/C27H30N2O5/c1-31-25-13-12-20(18-26(25)32-2)23(29-14-16-33-17-15-29)19-28-27(30)22-10-6-7-11-24(22)34-21-8-4-3-5-9-21/h3-13,18,23H,14-17,19H2,1-2H3,(H,28,30). The molecule has 3 aromatic rings. The third-order valence-electron chi connectivity index (χ3n) is 5.84. The molecule has 1 heterocycles. The molecule has 7 nitrogen and oxygen atoms in total. The van der Waals surface area contributed by atoms with E-state index in [2.05, 4.69) is 10.2 Å². The Morgan fingerprint density at radius 1 is 0.912 bits per heavy atom. The SMILES string of the molecule is COc1ccc(C(CNC(=O)c2ccccc2Oc2ccccc2)N2CCOCC2)cc1OC. The summed E-state index contributed by atoms with van der Waals surface area (Å²) in [6.45, 7) is 3.30. The van der Waals surface area contributed by atoms with Crippen LogP contribution in [0.5, 0.6) is 23.0 Å². The van der Waals surface area contributed by atoms with Crippen molar-refractivity contribution in [1.82, 2.24) is 10.2 Å². The second-order valence-electron chi connectivity index (χ2n) is 7.90. The van der Waals surface area contributed by atoms with Crippen molar-refractivity contribution in [2.24, 2.45) is 0 Å². The molecule has 34 heavy (non-hydrogen) atoms. The summed E-state index contributed by atoms with van der Waals surface area (Å²) in [7, 11) is 3.24. The van der Waals surface area contributed by atoms with E-state index in [1.807, 2.05) is 60.7 Å². The Morgan fingerprint density at radius 2 is 1.62 bits per heavy atom. The molecule has 0 spiro atoms. The first kappa shape index (κ1) is 23.6. The monoisotopic (exact) mass is 462 g/mol. The topological polar surface area (TPSA) is 69.3 Å². The van der Waals surface area contributed by atoms with Crippen LogP contribution in [0, 0.1) is 0 Å². The number of nitrogens with zero attached hydrogens (tertiary/aromatic N) is 1. The van der Waals surface area contributed by atoms with Crippen LogP contribution in [0.15, 0.2) is 72.8 Å². The third-order valence-corrected chi connectivity index (χ3v) is 5.84. The molecule has 0 radical (unpaired) electrons. The van der Waals surface area contributed by atoms with Crippen LogP contribution in [0.1, 0.15) is 22.0 Å². The molecular formula is C27H30N2O5. The number of amides is 1. The summed E-state index contributed by atoms with van der Waals surface area (Å²) in [6, 6.07) is 22.5. The normalized spacial score (nSPS) is 14.8. The molecule has 1 N–H and O–H groups in total. The minimum Gasteiger partial charge on any atom is -0.493 e.